The molecule has 2 aromatic rings. The van der Waals surface area contributed by atoms with Crippen LogP contribution in [0.25, 0.3) is 0 Å². The number of esters is 1. The molecule has 0 radical (unpaired) electrons. The number of rotatable bonds is 6. The summed E-state index contributed by atoms with van der Waals surface area (Å²) in [6.45, 7) is 2.07. The first-order chi connectivity index (χ1) is 15.8. The van der Waals surface area contributed by atoms with Gasteiger partial charge in [0.15, 0.2) is 0 Å². The average Bonchev–Trinajstić information content (AvgIpc) is 2.78. The van der Waals surface area contributed by atoms with Gasteiger partial charge >= 0.3 is 12.1 Å². The standard InChI is InChI=1S/C23H24FN3O6/c1-3-32-20(28)12-16-7-4-13-10-15(6-9-19(13)33-16)26-22(29)17-8-5-14(11-18(17)24)21(25)27-23(30)31-2/h5-6,8-11,16H,3-4,7,12H2,1-2H3,(H,26,29)(H2,25,27,30). The number of nitrogens with one attached hydrogen (secondary N) is 1. The maximum atomic E-state index is 14.5. The van der Waals surface area contributed by atoms with Crippen LogP contribution in [0.5, 0.6) is 5.75 Å². The van der Waals surface area contributed by atoms with Crippen LogP contribution in [0, 0.1) is 5.82 Å². The third kappa shape index (κ3) is 6.06. The highest BCUT2D eigenvalue weighted by atomic mass is 19.1. The van der Waals surface area contributed by atoms with Crippen LogP contribution >= 0.6 is 0 Å². The van der Waals surface area contributed by atoms with Gasteiger partial charge in [-0.3, -0.25) is 9.59 Å². The lowest BCUT2D eigenvalue weighted by molar-refractivity contribution is -0.145. The van der Waals surface area contributed by atoms with Gasteiger partial charge in [-0.1, -0.05) is 6.07 Å². The normalized spacial score (nSPS) is 15.1. The van der Waals surface area contributed by atoms with Crippen LogP contribution in [0.3, 0.4) is 0 Å². The fraction of sp³-hybridized carbons (Fsp3) is 0.304. The van der Waals surface area contributed by atoms with Gasteiger partial charge in [-0.25, -0.2) is 9.18 Å². The quantitative estimate of drug-likeness (QED) is 0.387. The minimum Gasteiger partial charge on any atom is -0.490 e. The van der Waals surface area contributed by atoms with Crippen LogP contribution in [0.15, 0.2) is 41.4 Å². The Morgan fingerprint density at radius 3 is 2.73 bits per heavy atom. The van der Waals surface area contributed by atoms with Crippen molar-refractivity contribution in [1.29, 1.82) is 0 Å². The summed E-state index contributed by atoms with van der Waals surface area (Å²) < 4.78 is 29.7. The van der Waals surface area contributed by atoms with Gasteiger partial charge in [-0.05, 0) is 55.7 Å². The number of hydrogen-bond donors (Lipinski definition) is 2. The number of aryl methyl sites for hydroxylation is 1. The van der Waals surface area contributed by atoms with Crippen molar-refractivity contribution in [3.63, 3.8) is 0 Å². The van der Waals surface area contributed by atoms with Crippen LogP contribution in [0.2, 0.25) is 0 Å². The molecule has 10 heteroatoms. The summed E-state index contributed by atoms with van der Waals surface area (Å²) in [5.41, 5.74) is 6.93. The van der Waals surface area contributed by atoms with E-state index in [9.17, 15) is 18.8 Å². The Balaban J connectivity index is 1.67. The summed E-state index contributed by atoms with van der Waals surface area (Å²) in [6.07, 6.45) is 0.285. The summed E-state index contributed by atoms with van der Waals surface area (Å²) >= 11 is 0. The zero-order chi connectivity index (χ0) is 24.0. The second kappa shape index (κ2) is 10.6. The maximum Gasteiger partial charge on any atom is 0.435 e. The third-order valence-electron chi connectivity index (χ3n) is 4.94. The molecular weight excluding hydrogens is 433 g/mol. The Labute approximate surface area is 189 Å². The van der Waals surface area contributed by atoms with Crippen molar-refractivity contribution >= 4 is 29.5 Å². The van der Waals surface area contributed by atoms with Gasteiger partial charge in [-0.2, -0.15) is 4.99 Å². The average molecular weight is 457 g/mol. The van der Waals surface area contributed by atoms with Crippen LogP contribution in [-0.4, -0.2) is 43.6 Å². The molecule has 9 nitrogen and oxygen atoms in total. The highest BCUT2D eigenvalue weighted by Crippen LogP contribution is 2.31. The topological polar surface area (TPSA) is 129 Å². The predicted molar refractivity (Wildman–Crippen MR) is 118 cm³/mol. The number of fused-ring (bicyclic) bond motifs is 1. The van der Waals surface area contributed by atoms with E-state index in [0.717, 1.165) is 18.7 Å². The molecule has 1 atom stereocenters. The van der Waals surface area contributed by atoms with Crippen molar-refractivity contribution in [3.05, 3.63) is 58.9 Å². The van der Waals surface area contributed by atoms with E-state index in [4.69, 9.17) is 15.2 Å². The summed E-state index contributed by atoms with van der Waals surface area (Å²) in [5.74, 6) is -1.38. The summed E-state index contributed by atoms with van der Waals surface area (Å²) in [5, 5.41) is 2.66. The molecule has 0 bridgehead atoms. The molecular formula is C23H24FN3O6. The first kappa shape index (κ1) is 23.7. The number of anilines is 1. The van der Waals surface area contributed by atoms with Crippen LogP contribution in [-0.2, 0) is 20.7 Å². The smallest absolute Gasteiger partial charge is 0.435 e. The van der Waals surface area contributed by atoms with E-state index in [1.165, 1.54) is 12.1 Å². The van der Waals surface area contributed by atoms with Crippen molar-refractivity contribution in [2.45, 2.75) is 32.3 Å². The van der Waals surface area contributed by atoms with E-state index in [1.54, 1.807) is 25.1 Å². The van der Waals surface area contributed by atoms with Crippen LogP contribution in [0.4, 0.5) is 14.9 Å². The summed E-state index contributed by atoms with van der Waals surface area (Å²) in [7, 11) is 1.14. The molecule has 0 aliphatic carbocycles. The highest BCUT2D eigenvalue weighted by Gasteiger charge is 2.23. The zero-order valence-corrected chi connectivity index (χ0v) is 18.2. The van der Waals surface area contributed by atoms with E-state index in [2.05, 4.69) is 15.0 Å². The fourth-order valence-corrected chi connectivity index (χ4v) is 3.34. The largest absolute Gasteiger partial charge is 0.490 e. The first-order valence-corrected chi connectivity index (χ1v) is 10.3. The van der Waals surface area contributed by atoms with Gasteiger partial charge < -0.3 is 25.3 Å². The Hall–Kier alpha value is -3.95. The molecule has 174 valence electrons. The molecule has 3 rings (SSSR count). The Morgan fingerprint density at radius 2 is 2.03 bits per heavy atom. The fourth-order valence-electron chi connectivity index (χ4n) is 3.34. The molecule has 3 N–H and O–H groups in total. The van der Waals surface area contributed by atoms with Crippen molar-refractivity contribution < 1.29 is 33.0 Å². The second-order valence-corrected chi connectivity index (χ2v) is 7.23. The van der Waals surface area contributed by atoms with Crippen molar-refractivity contribution in [1.82, 2.24) is 0 Å². The van der Waals surface area contributed by atoms with E-state index in [0.29, 0.717) is 30.9 Å². The van der Waals surface area contributed by atoms with E-state index < -0.39 is 17.8 Å². The van der Waals surface area contributed by atoms with Gasteiger partial charge in [0.25, 0.3) is 5.91 Å². The molecule has 1 unspecified atom stereocenters. The number of hydrogen-bond acceptors (Lipinski definition) is 6. The molecule has 33 heavy (non-hydrogen) atoms. The molecule has 0 saturated carbocycles. The Bertz CT molecular complexity index is 1100. The Kier molecular flexibility index (Phi) is 7.60. The highest BCUT2D eigenvalue weighted by molar-refractivity contribution is 6.06. The lowest BCUT2D eigenvalue weighted by Crippen LogP contribution is -2.26. The molecule has 2 amide bonds. The van der Waals surface area contributed by atoms with Crippen molar-refractivity contribution in [2.24, 2.45) is 10.7 Å². The summed E-state index contributed by atoms with van der Waals surface area (Å²) in [4.78, 5) is 38.9. The van der Waals surface area contributed by atoms with Crippen LogP contribution < -0.4 is 15.8 Å². The number of benzene rings is 2. The molecule has 1 aliphatic rings. The predicted octanol–water partition coefficient (Wildman–Crippen LogP) is 3.20. The lowest BCUT2D eigenvalue weighted by Gasteiger charge is -2.26. The van der Waals surface area contributed by atoms with Crippen LogP contribution in [0.1, 0.15) is 41.3 Å². The number of carbonyl (C=O) groups is 3. The minimum absolute atomic E-state index is 0.137. The van der Waals surface area contributed by atoms with Gasteiger partial charge in [0.1, 0.15) is 23.5 Å². The number of nitrogens with two attached hydrogens (primary N) is 1. The zero-order valence-electron chi connectivity index (χ0n) is 18.2. The molecule has 0 saturated heterocycles. The molecule has 2 aromatic carbocycles. The van der Waals surface area contributed by atoms with Crippen molar-refractivity contribution in [3.8, 4) is 5.75 Å². The van der Waals surface area contributed by atoms with E-state index in [1.807, 2.05) is 0 Å². The van der Waals surface area contributed by atoms with E-state index in [-0.39, 0.29) is 35.5 Å². The number of nitrogens with zero attached hydrogens (tertiary/aromatic N) is 1. The number of ether oxygens (including phenoxy) is 3. The molecule has 0 aromatic heterocycles. The number of amides is 2. The molecule has 0 spiro atoms. The minimum atomic E-state index is -0.918. The Morgan fingerprint density at radius 1 is 1.24 bits per heavy atom. The molecule has 0 fully saturated rings. The SMILES string of the molecule is CCOC(=O)CC1CCc2cc(NC(=O)c3ccc(C(N)=NC(=O)OC)cc3F)ccc2O1. The van der Waals surface area contributed by atoms with Gasteiger partial charge in [0.05, 0.1) is 25.7 Å². The molecule has 1 aliphatic heterocycles. The monoisotopic (exact) mass is 457 g/mol. The molecule has 1 heterocycles. The third-order valence-corrected chi connectivity index (χ3v) is 4.94. The van der Waals surface area contributed by atoms with Crippen molar-refractivity contribution in [2.75, 3.05) is 19.0 Å². The van der Waals surface area contributed by atoms with Gasteiger partial charge in [0.2, 0.25) is 0 Å². The summed E-state index contributed by atoms with van der Waals surface area (Å²) in [6, 6.07) is 8.73. The number of carbonyl (C=O) groups excluding carboxylic acids is 3. The van der Waals surface area contributed by atoms with E-state index >= 15 is 0 Å². The first-order valence-electron chi connectivity index (χ1n) is 10.3. The lowest BCUT2D eigenvalue weighted by atomic mass is 10.00. The maximum absolute atomic E-state index is 14.5. The number of methoxy groups -OCH3 is 1. The van der Waals surface area contributed by atoms with Gasteiger partial charge in [0, 0.05) is 11.3 Å². The number of halogens is 1. The second-order valence-electron chi connectivity index (χ2n) is 7.23. The van der Waals surface area contributed by atoms with Gasteiger partial charge in [-0.15, -0.1) is 0 Å². The number of aliphatic imine (C=N–C) groups is 1. The number of amidine groups is 1.